The Morgan fingerprint density at radius 1 is 0.889 bits per heavy atom. The maximum absolute atomic E-state index is 12.0. The molecule has 0 aliphatic heterocycles. The first-order valence-electron chi connectivity index (χ1n) is 10.0. The summed E-state index contributed by atoms with van der Waals surface area (Å²) in [4.78, 5) is 35.6. The summed E-state index contributed by atoms with van der Waals surface area (Å²) < 4.78 is 15.3. The van der Waals surface area contributed by atoms with Crippen molar-refractivity contribution in [2.24, 2.45) is 5.92 Å². The quantitative estimate of drug-likeness (QED) is 0.261. The zero-order chi connectivity index (χ0) is 20.7. The van der Waals surface area contributed by atoms with E-state index in [0.717, 1.165) is 25.7 Å². The molecule has 0 aromatic carbocycles. The highest BCUT2D eigenvalue weighted by atomic mass is 16.6. The number of rotatable bonds is 15. The predicted octanol–water partition coefficient (Wildman–Crippen LogP) is 3.16. The topological polar surface area (TPSA) is 99.1 Å². The third-order valence-corrected chi connectivity index (χ3v) is 4.31. The van der Waals surface area contributed by atoms with Crippen LogP contribution in [0.15, 0.2) is 0 Å². The lowest BCUT2D eigenvalue weighted by Gasteiger charge is -2.19. The number of aliphatic hydroxyl groups is 1. The van der Waals surface area contributed by atoms with Crippen molar-refractivity contribution in [2.45, 2.75) is 91.3 Å². The number of unbranched alkanes of at least 4 members (excludes halogenated alkanes) is 3. The molecule has 1 N–H and O–H groups in total. The molecule has 3 atom stereocenters. The molecule has 0 saturated carbocycles. The third-order valence-electron chi connectivity index (χ3n) is 4.31. The number of ether oxygens (including phenoxy) is 3. The summed E-state index contributed by atoms with van der Waals surface area (Å²) in [5, 5.41) is 8.68. The third kappa shape index (κ3) is 12.4. The molecule has 158 valence electrons. The molecule has 0 bridgehead atoms. The van der Waals surface area contributed by atoms with Crippen molar-refractivity contribution in [3.63, 3.8) is 0 Å². The van der Waals surface area contributed by atoms with Gasteiger partial charge in [-0.3, -0.25) is 4.79 Å². The summed E-state index contributed by atoms with van der Waals surface area (Å²) in [5.74, 6) is -1.57. The van der Waals surface area contributed by atoms with Gasteiger partial charge in [-0.05, 0) is 39.0 Å². The van der Waals surface area contributed by atoms with Gasteiger partial charge in [-0.15, -0.1) is 0 Å². The number of aliphatic hydroxyl groups excluding tert-OH is 1. The van der Waals surface area contributed by atoms with Crippen LogP contribution in [0.4, 0.5) is 0 Å². The van der Waals surface area contributed by atoms with Crippen LogP contribution in [-0.2, 0) is 28.6 Å². The van der Waals surface area contributed by atoms with Crippen molar-refractivity contribution >= 4 is 17.9 Å². The Balaban J connectivity index is 4.18. The van der Waals surface area contributed by atoms with E-state index in [1.807, 2.05) is 0 Å². The molecule has 7 nitrogen and oxygen atoms in total. The Morgan fingerprint density at radius 2 is 1.56 bits per heavy atom. The largest absolute Gasteiger partial charge is 0.463 e. The summed E-state index contributed by atoms with van der Waals surface area (Å²) in [5.41, 5.74) is 0. The second kappa shape index (κ2) is 15.4. The smallest absolute Gasteiger partial charge is 0.347 e. The first-order chi connectivity index (χ1) is 12.8. The molecule has 0 aromatic rings. The van der Waals surface area contributed by atoms with Crippen molar-refractivity contribution in [1.29, 1.82) is 0 Å². The van der Waals surface area contributed by atoms with Gasteiger partial charge in [0.1, 0.15) is 0 Å². The number of hydrogen-bond donors (Lipinski definition) is 1. The molecular weight excluding hydrogens is 352 g/mol. The van der Waals surface area contributed by atoms with Gasteiger partial charge in [-0.25, -0.2) is 9.59 Å². The van der Waals surface area contributed by atoms with Gasteiger partial charge in [0.2, 0.25) is 0 Å². The normalized spacial score (nSPS) is 14.1. The van der Waals surface area contributed by atoms with Gasteiger partial charge in [-0.2, -0.15) is 0 Å². The number of esters is 3. The average molecular weight is 389 g/mol. The lowest BCUT2D eigenvalue weighted by Crippen LogP contribution is -2.33. The number of carbonyl (C=O) groups excluding carboxylic acids is 3. The lowest BCUT2D eigenvalue weighted by atomic mass is 10.0. The second-order valence-corrected chi connectivity index (χ2v) is 6.79. The summed E-state index contributed by atoms with van der Waals surface area (Å²) in [6, 6.07) is 0. The van der Waals surface area contributed by atoms with Gasteiger partial charge in [0.05, 0.1) is 6.61 Å². The zero-order valence-corrected chi connectivity index (χ0v) is 17.2. The monoisotopic (exact) mass is 388 g/mol. The molecule has 0 fully saturated rings. The van der Waals surface area contributed by atoms with E-state index in [4.69, 9.17) is 19.3 Å². The Hall–Kier alpha value is -1.63. The number of carbonyl (C=O) groups is 3. The molecule has 0 rings (SSSR count). The summed E-state index contributed by atoms with van der Waals surface area (Å²) >= 11 is 0. The van der Waals surface area contributed by atoms with Crippen LogP contribution in [0.2, 0.25) is 0 Å². The molecule has 3 unspecified atom stereocenters. The molecule has 7 heteroatoms. The van der Waals surface area contributed by atoms with Crippen molar-refractivity contribution in [1.82, 2.24) is 0 Å². The first kappa shape index (κ1) is 25.4. The van der Waals surface area contributed by atoms with E-state index in [2.05, 4.69) is 13.8 Å². The fourth-order valence-electron chi connectivity index (χ4n) is 2.40. The molecule has 27 heavy (non-hydrogen) atoms. The summed E-state index contributed by atoms with van der Waals surface area (Å²) in [6.07, 6.45) is 4.07. The Kier molecular flexibility index (Phi) is 14.5. The van der Waals surface area contributed by atoms with Crippen LogP contribution in [-0.4, -0.2) is 48.4 Å². The molecule has 0 aliphatic rings. The SMILES string of the molecule is CCCCC(CC)COC(=O)C(C)OC(=O)C(C)OC(=O)CCCCCO. The van der Waals surface area contributed by atoms with Crippen LogP contribution in [0, 0.1) is 5.92 Å². The molecule has 0 radical (unpaired) electrons. The molecule has 0 aromatic heterocycles. The average Bonchev–Trinajstić information content (AvgIpc) is 2.64. The highest BCUT2D eigenvalue weighted by Gasteiger charge is 2.25. The molecule has 0 amide bonds. The van der Waals surface area contributed by atoms with E-state index in [1.54, 1.807) is 0 Å². The zero-order valence-electron chi connectivity index (χ0n) is 17.2. The van der Waals surface area contributed by atoms with Crippen LogP contribution < -0.4 is 0 Å². The van der Waals surface area contributed by atoms with Gasteiger partial charge in [0.25, 0.3) is 0 Å². The van der Waals surface area contributed by atoms with Gasteiger partial charge < -0.3 is 19.3 Å². The molecule has 0 aliphatic carbocycles. The van der Waals surface area contributed by atoms with E-state index in [1.165, 1.54) is 13.8 Å². The standard InChI is InChI=1S/C20H36O7/c1-5-7-11-17(6-2)14-25-19(23)15(3)27-20(24)16(4)26-18(22)12-9-8-10-13-21/h15-17,21H,5-14H2,1-4H3. The van der Waals surface area contributed by atoms with Gasteiger partial charge in [0, 0.05) is 13.0 Å². The Labute approximate surface area is 162 Å². The summed E-state index contributed by atoms with van der Waals surface area (Å²) in [6.45, 7) is 7.42. The van der Waals surface area contributed by atoms with E-state index in [0.29, 0.717) is 31.8 Å². The highest BCUT2D eigenvalue weighted by molar-refractivity contribution is 5.82. The van der Waals surface area contributed by atoms with Gasteiger partial charge >= 0.3 is 17.9 Å². The maximum atomic E-state index is 12.0. The molecular formula is C20H36O7. The van der Waals surface area contributed by atoms with Crippen LogP contribution in [0.1, 0.15) is 79.1 Å². The highest BCUT2D eigenvalue weighted by Crippen LogP contribution is 2.13. The minimum absolute atomic E-state index is 0.0867. The van der Waals surface area contributed by atoms with E-state index >= 15 is 0 Å². The second-order valence-electron chi connectivity index (χ2n) is 6.79. The van der Waals surface area contributed by atoms with Crippen molar-refractivity contribution < 1.29 is 33.7 Å². The number of hydrogen-bond acceptors (Lipinski definition) is 7. The fraction of sp³-hybridized carbons (Fsp3) is 0.850. The maximum Gasteiger partial charge on any atom is 0.347 e. The summed E-state index contributed by atoms with van der Waals surface area (Å²) in [7, 11) is 0. The molecule has 0 saturated heterocycles. The Bertz CT molecular complexity index is 436. The fourth-order valence-corrected chi connectivity index (χ4v) is 2.40. The minimum atomic E-state index is -1.08. The van der Waals surface area contributed by atoms with Crippen molar-refractivity contribution in [3.8, 4) is 0 Å². The van der Waals surface area contributed by atoms with E-state index in [-0.39, 0.29) is 13.0 Å². The minimum Gasteiger partial charge on any atom is -0.463 e. The van der Waals surface area contributed by atoms with E-state index < -0.39 is 30.1 Å². The van der Waals surface area contributed by atoms with Crippen molar-refractivity contribution in [3.05, 3.63) is 0 Å². The van der Waals surface area contributed by atoms with Crippen LogP contribution in [0.3, 0.4) is 0 Å². The van der Waals surface area contributed by atoms with Crippen molar-refractivity contribution in [2.75, 3.05) is 13.2 Å². The first-order valence-corrected chi connectivity index (χ1v) is 10.0. The Morgan fingerprint density at radius 3 is 2.15 bits per heavy atom. The molecule has 0 spiro atoms. The molecule has 0 heterocycles. The van der Waals surface area contributed by atoms with E-state index in [9.17, 15) is 14.4 Å². The predicted molar refractivity (Wildman–Crippen MR) is 101 cm³/mol. The van der Waals surface area contributed by atoms with Crippen LogP contribution >= 0.6 is 0 Å². The van der Waals surface area contributed by atoms with Crippen LogP contribution in [0.25, 0.3) is 0 Å². The van der Waals surface area contributed by atoms with Gasteiger partial charge in [-0.1, -0.05) is 39.5 Å². The van der Waals surface area contributed by atoms with Gasteiger partial charge in [0.15, 0.2) is 12.2 Å². The van der Waals surface area contributed by atoms with Crippen LogP contribution in [0.5, 0.6) is 0 Å². The lowest BCUT2D eigenvalue weighted by molar-refractivity contribution is -0.177.